The lowest BCUT2D eigenvalue weighted by Crippen LogP contribution is -2.25. The summed E-state index contributed by atoms with van der Waals surface area (Å²) in [6.07, 6.45) is 7.07. The molecule has 2 aliphatic rings. The zero-order valence-corrected chi connectivity index (χ0v) is 15.1. The van der Waals surface area contributed by atoms with Crippen LogP contribution < -0.4 is 0 Å². The number of hydrogen-bond acceptors (Lipinski definition) is 3. The first-order chi connectivity index (χ1) is 12.7. The van der Waals surface area contributed by atoms with Crippen LogP contribution in [-0.2, 0) is 26.4 Å². The monoisotopic (exact) mass is 353 g/mol. The molecule has 136 valence electrons. The number of nitrogens with one attached hydrogen (secondary N) is 1. The number of nitrogens with zero attached hydrogens (tertiary/aromatic N) is 4. The van der Waals surface area contributed by atoms with E-state index in [2.05, 4.69) is 26.5 Å². The van der Waals surface area contributed by atoms with Crippen molar-refractivity contribution in [2.45, 2.75) is 51.1 Å². The molecule has 1 aromatic carbocycles. The molecule has 5 nitrogen and oxygen atoms in total. The first kappa shape index (κ1) is 16.0. The molecule has 1 N–H and O–H groups in total. The minimum absolute atomic E-state index is 0.264. The van der Waals surface area contributed by atoms with Gasteiger partial charge >= 0.3 is 0 Å². The van der Waals surface area contributed by atoms with Gasteiger partial charge in [0.25, 0.3) is 0 Å². The fraction of sp³-hybridized carbons (Fsp3) is 0.500. The second-order valence-electron chi connectivity index (χ2n) is 7.58. The lowest BCUT2D eigenvalue weighted by Gasteiger charge is -2.23. The van der Waals surface area contributed by atoms with Crippen LogP contribution in [0.5, 0.6) is 0 Å². The topological polar surface area (TPSA) is 49.7 Å². The van der Waals surface area contributed by atoms with Crippen LogP contribution in [0.15, 0.2) is 18.2 Å². The highest BCUT2D eigenvalue weighted by Crippen LogP contribution is 2.34. The lowest BCUT2D eigenvalue weighted by atomic mass is 10.0. The molecule has 3 heterocycles. The van der Waals surface area contributed by atoms with Gasteiger partial charge in [-0.15, -0.1) is 0 Å². The van der Waals surface area contributed by atoms with Gasteiger partial charge in [-0.3, -0.25) is 4.90 Å². The number of aryl methyl sites for hydroxylation is 1. The Morgan fingerprint density at radius 2 is 2.08 bits per heavy atom. The van der Waals surface area contributed by atoms with E-state index in [1.807, 2.05) is 6.07 Å². The molecule has 5 rings (SSSR count). The lowest BCUT2D eigenvalue weighted by molar-refractivity contribution is 0.231. The third kappa shape index (κ3) is 2.55. The molecule has 1 fully saturated rings. The molecule has 2 aromatic heterocycles. The molecule has 0 spiro atoms. The van der Waals surface area contributed by atoms with E-state index in [1.165, 1.54) is 36.1 Å². The molecular formula is C20H24FN5. The number of aromatic amines is 1. The van der Waals surface area contributed by atoms with E-state index < -0.39 is 0 Å². The molecule has 3 aromatic rings. The van der Waals surface area contributed by atoms with Crippen molar-refractivity contribution in [2.24, 2.45) is 7.05 Å². The van der Waals surface area contributed by atoms with Gasteiger partial charge in [-0.2, -0.15) is 0 Å². The van der Waals surface area contributed by atoms with Crippen LogP contribution in [0.3, 0.4) is 0 Å². The van der Waals surface area contributed by atoms with Crippen LogP contribution in [0.2, 0.25) is 0 Å². The van der Waals surface area contributed by atoms with Crippen molar-refractivity contribution in [1.82, 2.24) is 24.4 Å². The van der Waals surface area contributed by atoms with E-state index in [9.17, 15) is 4.39 Å². The van der Waals surface area contributed by atoms with E-state index >= 15 is 0 Å². The summed E-state index contributed by atoms with van der Waals surface area (Å²) in [6.45, 7) is 1.73. The van der Waals surface area contributed by atoms with Crippen LogP contribution in [0.4, 0.5) is 4.39 Å². The molecule has 26 heavy (non-hydrogen) atoms. The average Bonchev–Trinajstić information content (AvgIpc) is 3.34. The number of fused-ring (bicyclic) bond motifs is 2. The summed E-state index contributed by atoms with van der Waals surface area (Å²) in [5.74, 6) is 1.76. The highest BCUT2D eigenvalue weighted by Gasteiger charge is 2.32. The minimum Gasteiger partial charge on any atom is -0.341 e. The van der Waals surface area contributed by atoms with Gasteiger partial charge < -0.3 is 9.55 Å². The van der Waals surface area contributed by atoms with Crippen molar-refractivity contribution in [3.05, 3.63) is 47.1 Å². The van der Waals surface area contributed by atoms with E-state index in [1.54, 1.807) is 6.07 Å². The standard InChI is InChI=1S/C20H24FN5/c1-25-16-9-3-2-7-14(16)23-20(25)17-10-5-11-26(17)12-18-22-15-8-4-6-13(21)19(15)24-18/h4,6,8,17H,2-3,5,7,9-12H2,1H3,(H,22,24). The van der Waals surface area contributed by atoms with Crippen molar-refractivity contribution in [3.8, 4) is 0 Å². The number of aromatic nitrogens is 4. The maximum absolute atomic E-state index is 13.9. The van der Waals surface area contributed by atoms with Crippen molar-refractivity contribution < 1.29 is 4.39 Å². The minimum atomic E-state index is -0.264. The first-order valence-electron chi connectivity index (χ1n) is 9.62. The largest absolute Gasteiger partial charge is 0.341 e. The predicted octanol–water partition coefficient (Wildman–Crippen LogP) is 3.65. The van der Waals surface area contributed by atoms with E-state index in [-0.39, 0.29) is 5.82 Å². The SMILES string of the molecule is Cn1c(C2CCCN2Cc2nc3c(F)cccc3[nH]2)nc2c1CCCC2. The van der Waals surface area contributed by atoms with Gasteiger partial charge in [0.15, 0.2) is 5.82 Å². The van der Waals surface area contributed by atoms with Gasteiger partial charge in [0.2, 0.25) is 0 Å². The first-order valence-corrected chi connectivity index (χ1v) is 9.62. The van der Waals surface area contributed by atoms with Crippen molar-refractivity contribution in [1.29, 1.82) is 0 Å². The summed E-state index contributed by atoms with van der Waals surface area (Å²) in [5, 5.41) is 0. The van der Waals surface area contributed by atoms with Crippen LogP contribution in [0.1, 0.15) is 54.8 Å². The molecule has 1 unspecified atom stereocenters. The van der Waals surface area contributed by atoms with Crippen LogP contribution in [0.25, 0.3) is 11.0 Å². The normalized spacial score (nSPS) is 20.8. The molecule has 0 saturated carbocycles. The number of H-pyrrole nitrogens is 1. The maximum atomic E-state index is 13.9. The van der Waals surface area contributed by atoms with Crippen LogP contribution >= 0.6 is 0 Å². The Balaban J connectivity index is 1.44. The summed E-state index contributed by atoms with van der Waals surface area (Å²) in [5.41, 5.74) is 3.92. The molecule has 0 bridgehead atoms. The number of halogens is 1. The molecule has 1 saturated heterocycles. The zero-order chi connectivity index (χ0) is 17.7. The second-order valence-corrected chi connectivity index (χ2v) is 7.58. The Bertz CT molecular complexity index is 957. The Labute approximate surface area is 152 Å². The number of benzene rings is 1. The molecule has 0 radical (unpaired) electrons. The molecule has 1 atom stereocenters. The van der Waals surface area contributed by atoms with E-state index in [0.717, 1.165) is 43.6 Å². The Morgan fingerprint density at radius 1 is 1.19 bits per heavy atom. The summed E-state index contributed by atoms with van der Waals surface area (Å²) >= 11 is 0. The summed E-state index contributed by atoms with van der Waals surface area (Å²) in [7, 11) is 2.17. The van der Waals surface area contributed by atoms with E-state index in [4.69, 9.17) is 4.98 Å². The number of rotatable bonds is 3. The number of likely N-dealkylation sites (tertiary alicyclic amines) is 1. The number of para-hydroxylation sites is 1. The van der Waals surface area contributed by atoms with Gasteiger partial charge in [-0.1, -0.05) is 6.07 Å². The number of imidazole rings is 2. The van der Waals surface area contributed by atoms with Crippen LogP contribution in [-0.4, -0.2) is 31.0 Å². The maximum Gasteiger partial charge on any atom is 0.151 e. The van der Waals surface area contributed by atoms with Gasteiger partial charge in [0.1, 0.15) is 17.2 Å². The molecule has 0 amide bonds. The van der Waals surface area contributed by atoms with Crippen molar-refractivity contribution in [3.63, 3.8) is 0 Å². The Kier molecular flexibility index (Phi) is 3.81. The third-order valence-electron chi connectivity index (χ3n) is 5.94. The smallest absolute Gasteiger partial charge is 0.151 e. The fourth-order valence-electron chi connectivity index (χ4n) is 4.63. The predicted molar refractivity (Wildman–Crippen MR) is 98.3 cm³/mol. The van der Waals surface area contributed by atoms with Crippen molar-refractivity contribution in [2.75, 3.05) is 6.54 Å². The molecule has 1 aliphatic carbocycles. The summed E-state index contributed by atoms with van der Waals surface area (Å²) in [4.78, 5) is 15.2. The van der Waals surface area contributed by atoms with Gasteiger partial charge in [-0.25, -0.2) is 14.4 Å². The van der Waals surface area contributed by atoms with Gasteiger partial charge in [0, 0.05) is 12.7 Å². The Morgan fingerprint density at radius 3 is 2.92 bits per heavy atom. The second kappa shape index (κ2) is 6.20. The fourth-order valence-corrected chi connectivity index (χ4v) is 4.63. The summed E-state index contributed by atoms with van der Waals surface area (Å²) < 4.78 is 16.3. The molecule has 6 heteroatoms. The van der Waals surface area contributed by atoms with Crippen molar-refractivity contribution >= 4 is 11.0 Å². The summed E-state index contributed by atoms with van der Waals surface area (Å²) in [6, 6.07) is 5.38. The van der Waals surface area contributed by atoms with Crippen LogP contribution in [0, 0.1) is 5.82 Å². The Hall–Kier alpha value is -2.21. The van der Waals surface area contributed by atoms with Gasteiger partial charge in [-0.05, 0) is 57.2 Å². The van der Waals surface area contributed by atoms with Gasteiger partial charge in [0.05, 0.1) is 23.8 Å². The highest BCUT2D eigenvalue weighted by atomic mass is 19.1. The molecule has 1 aliphatic heterocycles. The third-order valence-corrected chi connectivity index (χ3v) is 5.94. The average molecular weight is 353 g/mol. The van der Waals surface area contributed by atoms with E-state index in [0.29, 0.717) is 18.1 Å². The highest BCUT2D eigenvalue weighted by molar-refractivity contribution is 5.75. The molecular weight excluding hydrogens is 329 g/mol. The zero-order valence-electron chi connectivity index (χ0n) is 15.1. The number of hydrogen-bond donors (Lipinski definition) is 1. The quantitative estimate of drug-likeness (QED) is 0.782.